The Kier molecular flexibility index (Phi) is 2.90. The van der Waals surface area contributed by atoms with E-state index < -0.39 is 23.3 Å². The van der Waals surface area contributed by atoms with Crippen molar-refractivity contribution >= 4 is 16.7 Å². The van der Waals surface area contributed by atoms with Crippen LogP contribution < -0.4 is 0 Å². The average molecular weight is 293 g/mol. The summed E-state index contributed by atoms with van der Waals surface area (Å²) in [5, 5.41) is 0.582. The van der Waals surface area contributed by atoms with Crippen molar-refractivity contribution in [2.75, 3.05) is 0 Å². The number of Topliss-reactive ketones (excluding diaryl/α,β-unsaturated/α-hetero) is 1. The zero-order valence-electron chi connectivity index (χ0n) is 10.9. The molecule has 2 heterocycles. The van der Waals surface area contributed by atoms with Crippen LogP contribution in [0.15, 0.2) is 41.1 Å². The van der Waals surface area contributed by atoms with E-state index in [0.717, 1.165) is 0 Å². The molecule has 0 radical (unpaired) electrons. The Balaban J connectivity index is 2.07. The summed E-state index contributed by atoms with van der Waals surface area (Å²) < 4.78 is 44.5. The minimum absolute atomic E-state index is 0.308. The van der Waals surface area contributed by atoms with Gasteiger partial charge in [0.25, 0.3) is 5.78 Å². The first kappa shape index (κ1) is 13.5. The van der Waals surface area contributed by atoms with Gasteiger partial charge in [0.1, 0.15) is 5.82 Å². The molecule has 0 aliphatic heterocycles. The van der Waals surface area contributed by atoms with Crippen molar-refractivity contribution in [2.45, 2.75) is 12.8 Å². The lowest BCUT2D eigenvalue weighted by atomic mass is 10.1. The van der Waals surface area contributed by atoms with Crippen molar-refractivity contribution < 1.29 is 22.4 Å². The summed E-state index contributed by atoms with van der Waals surface area (Å²) in [4.78, 5) is 14.2. The first-order valence-corrected chi connectivity index (χ1v) is 6.15. The topological polar surface area (TPSA) is 46.0 Å². The van der Waals surface area contributed by atoms with Gasteiger partial charge >= 0.3 is 5.92 Å². The number of hydrogen-bond acceptors (Lipinski definition) is 2. The SMILES string of the molecule is CC(F)(F)C(=O)c1cc(-c2c[nH]c3c(F)cccc23)co1. The number of rotatable bonds is 3. The summed E-state index contributed by atoms with van der Waals surface area (Å²) in [7, 11) is 0. The normalized spacial score (nSPS) is 12.0. The number of aromatic amines is 1. The van der Waals surface area contributed by atoms with Crippen LogP contribution in [0.25, 0.3) is 22.0 Å². The van der Waals surface area contributed by atoms with Crippen molar-refractivity contribution in [3.63, 3.8) is 0 Å². The Labute approximate surface area is 117 Å². The monoisotopic (exact) mass is 293 g/mol. The van der Waals surface area contributed by atoms with Crippen molar-refractivity contribution in [1.29, 1.82) is 0 Å². The maximum Gasteiger partial charge on any atom is 0.310 e. The highest BCUT2D eigenvalue weighted by molar-refractivity contribution is 6.01. The van der Waals surface area contributed by atoms with Crippen LogP contribution in [0.1, 0.15) is 17.5 Å². The minimum atomic E-state index is -3.50. The molecule has 2 aromatic heterocycles. The van der Waals surface area contributed by atoms with Gasteiger partial charge in [0, 0.05) is 29.6 Å². The Hall–Kier alpha value is -2.50. The summed E-state index contributed by atoms with van der Waals surface area (Å²) in [6, 6.07) is 5.77. The molecule has 0 spiro atoms. The van der Waals surface area contributed by atoms with E-state index in [1.165, 1.54) is 24.6 Å². The molecule has 0 aliphatic carbocycles. The Morgan fingerprint density at radius 3 is 2.81 bits per heavy atom. The number of ketones is 1. The number of hydrogen-bond donors (Lipinski definition) is 1. The molecule has 0 bridgehead atoms. The molecule has 3 aromatic rings. The lowest BCUT2D eigenvalue weighted by Crippen LogP contribution is -2.23. The molecule has 0 amide bonds. The highest BCUT2D eigenvalue weighted by Gasteiger charge is 2.35. The lowest BCUT2D eigenvalue weighted by molar-refractivity contribution is 0.0195. The molecule has 0 unspecified atom stereocenters. The smallest absolute Gasteiger partial charge is 0.310 e. The third-order valence-electron chi connectivity index (χ3n) is 3.20. The third kappa shape index (κ3) is 2.22. The zero-order chi connectivity index (χ0) is 15.2. The van der Waals surface area contributed by atoms with Gasteiger partial charge in [-0.15, -0.1) is 0 Å². The molecule has 0 saturated carbocycles. The number of alkyl halides is 2. The van der Waals surface area contributed by atoms with E-state index in [4.69, 9.17) is 4.42 Å². The predicted molar refractivity (Wildman–Crippen MR) is 70.9 cm³/mol. The van der Waals surface area contributed by atoms with Crippen LogP contribution in [0.3, 0.4) is 0 Å². The van der Waals surface area contributed by atoms with E-state index in [0.29, 0.717) is 29.0 Å². The number of furan rings is 1. The zero-order valence-corrected chi connectivity index (χ0v) is 10.9. The maximum absolute atomic E-state index is 13.6. The molecule has 0 saturated heterocycles. The van der Waals surface area contributed by atoms with Crippen LogP contribution in [0.2, 0.25) is 0 Å². The number of carbonyl (C=O) groups is 1. The summed E-state index contributed by atoms with van der Waals surface area (Å²) in [5.41, 5.74) is 1.31. The van der Waals surface area contributed by atoms with Gasteiger partial charge < -0.3 is 9.40 Å². The first-order chi connectivity index (χ1) is 9.88. The molecule has 1 aromatic carbocycles. The van der Waals surface area contributed by atoms with Gasteiger partial charge in [-0.1, -0.05) is 12.1 Å². The fourth-order valence-electron chi connectivity index (χ4n) is 2.17. The number of nitrogens with one attached hydrogen (secondary N) is 1. The minimum Gasteiger partial charge on any atom is -0.460 e. The van der Waals surface area contributed by atoms with Gasteiger partial charge in [-0.05, 0) is 12.1 Å². The summed E-state index contributed by atoms with van der Waals surface area (Å²) in [6.07, 6.45) is 2.74. The quantitative estimate of drug-likeness (QED) is 0.727. The summed E-state index contributed by atoms with van der Waals surface area (Å²) in [5.74, 6) is -5.73. The van der Waals surface area contributed by atoms with Crippen LogP contribution in [0.5, 0.6) is 0 Å². The van der Waals surface area contributed by atoms with Gasteiger partial charge in [-0.3, -0.25) is 4.79 Å². The Morgan fingerprint density at radius 2 is 2.10 bits per heavy atom. The molecule has 0 fully saturated rings. The van der Waals surface area contributed by atoms with E-state index in [1.54, 1.807) is 12.1 Å². The molecule has 6 heteroatoms. The van der Waals surface area contributed by atoms with E-state index >= 15 is 0 Å². The third-order valence-corrected chi connectivity index (χ3v) is 3.20. The van der Waals surface area contributed by atoms with E-state index in [9.17, 15) is 18.0 Å². The number of carbonyl (C=O) groups excluding carboxylic acids is 1. The largest absolute Gasteiger partial charge is 0.460 e. The molecule has 21 heavy (non-hydrogen) atoms. The van der Waals surface area contributed by atoms with Crippen LogP contribution in [0.4, 0.5) is 13.2 Å². The van der Waals surface area contributed by atoms with Gasteiger partial charge in [0.15, 0.2) is 5.76 Å². The average Bonchev–Trinajstić information content (AvgIpc) is 3.03. The number of aromatic nitrogens is 1. The number of para-hydroxylation sites is 1. The highest BCUT2D eigenvalue weighted by atomic mass is 19.3. The van der Waals surface area contributed by atoms with Crippen LogP contribution in [0, 0.1) is 5.82 Å². The first-order valence-electron chi connectivity index (χ1n) is 6.15. The predicted octanol–water partition coefficient (Wildman–Crippen LogP) is 4.40. The van der Waals surface area contributed by atoms with Crippen molar-refractivity contribution in [3.05, 3.63) is 48.3 Å². The number of benzene rings is 1. The van der Waals surface area contributed by atoms with Gasteiger partial charge in [-0.2, -0.15) is 8.78 Å². The molecule has 0 aliphatic rings. The van der Waals surface area contributed by atoms with E-state index in [1.807, 2.05) is 0 Å². The Morgan fingerprint density at radius 1 is 1.33 bits per heavy atom. The second-order valence-corrected chi connectivity index (χ2v) is 4.78. The van der Waals surface area contributed by atoms with E-state index in [-0.39, 0.29) is 0 Å². The molecular weight excluding hydrogens is 283 g/mol. The second-order valence-electron chi connectivity index (χ2n) is 4.78. The second kappa shape index (κ2) is 4.51. The van der Waals surface area contributed by atoms with Crippen LogP contribution >= 0.6 is 0 Å². The van der Waals surface area contributed by atoms with Crippen LogP contribution in [-0.2, 0) is 0 Å². The molecule has 3 rings (SSSR count). The van der Waals surface area contributed by atoms with Crippen molar-refractivity contribution in [3.8, 4) is 11.1 Å². The van der Waals surface area contributed by atoms with Gasteiger partial charge in [0.05, 0.1) is 11.8 Å². The molecular formula is C15H10F3NO2. The fourth-order valence-corrected chi connectivity index (χ4v) is 2.17. The molecule has 1 N–H and O–H groups in total. The molecule has 108 valence electrons. The van der Waals surface area contributed by atoms with Crippen molar-refractivity contribution in [2.24, 2.45) is 0 Å². The van der Waals surface area contributed by atoms with E-state index in [2.05, 4.69) is 4.98 Å². The number of halogens is 3. The van der Waals surface area contributed by atoms with Gasteiger partial charge in [0.2, 0.25) is 0 Å². The number of H-pyrrole nitrogens is 1. The van der Waals surface area contributed by atoms with Crippen molar-refractivity contribution in [1.82, 2.24) is 4.98 Å². The summed E-state index contributed by atoms with van der Waals surface area (Å²) in [6.45, 7) is 0.512. The lowest BCUT2D eigenvalue weighted by Gasteiger charge is -2.04. The van der Waals surface area contributed by atoms with Crippen LogP contribution in [-0.4, -0.2) is 16.7 Å². The summed E-state index contributed by atoms with van der Waals surface area (Å²) >= 11 is 0. The fraction of sp³-hybridized carbons (Fsp3) is 0.133. The molecule has 0 atom stereocenters. The number of fused-ring (bicyclic) bond motifs is 1. The highest BCUT2D eigenvalue weighted by Crippen LogP contribution is 2.32. The molecule has 3 nitrogen and oxygen atoms in total. The Bertz CT molecular complexity index is 827. The van der Waals surface area contributed by atoms with Gasteiger partial charge in [-0.25, -0.2) is 4.39 Å². The standard InChI is InChI=1S/C15H10F3NO2/c1-15(17,18)14(20)12-5-8(7-21-12)10-6-19-13-9(10)3-2-4-11(13)16/h2-7,19H,1H3. The maximum atomic E-state index is 13.6.